The predicted octanol–water partition coefficient (Wildman–Crippen LogP) is 6.15. The van der Waals surface area contributed by atoms with E-state index in [2.05, 4.69) is 6.92 Å². The monoisotopic (exact) mass is 516 g/mol. The lowest BCUT2D eigenvalue weighted by atomic mass is 10.2. The second-order valence-corrected chi connectivity index (χ2v) is 9.41. The molecular weight excluding hydrogens is 488 g/mol. The molecule has 35 heavy (non-hydrogen) atoms. The lowest BCUT2D eigenvalue weighted by Gasteiger charge is -2.16. The van der Waals surface area contributed by atoms with Gasteiger partial charge < -0.3 is 23.5 Å². The first kappa shape index (κ1) is 25.3. The number of nitrogens with zero attached hydrogens (tertiary/aromatic N) is 2. The van der Waals surface area contributed by atoms with Gasteiger partial charge in [0.1, 0.15) is 16.6 Å². The molecule has 186 valence electrons. The van der Waals surface area contributed by atoms with E-state index < -0.39 is 12.3 Å². The number of carbonyl (C=O) groups excluding carboxylic acids is 1. The molecule has 1 unspecified atom stereocenters. The molecule has 0 N–H and O–H groups in total. The van der Waals surface area contributed by atoms with Crippen LogP contribution in [0.2, 0.25) is 5.02 Å². The summed E-state index contributed by atoms with van der Waals surface area (Å²) in [4.78, 5) is 17.6. The van der Waals surface area contributed by atoms with Crippen LogP contribution >= 0.6 is 23.4 Å². The summed E-state index contributed by atoms with van der Waals surface area (Å²) in [7, 11) is 1.64. The quantitative estimate of drug-likeness (QED) is 0.223. The van der Waals surface area contributed by atoms with Crippen LogP contribution in [0, 0.1) is 0 Å². The standard InChI is InChI=1S/C26H29ClN2O5S/c1-4-6-7-22-28-24(26(30)32-5-2)25(35-16-17-8-11-19(31-3)12-9-17)29(22)15-23-33-20-13-10-18(27)14-21(20)34-23/h8-14,23H,4-7,15-16H2,1-3H3. The number of methoxy groups -OCH3 is 1. The minimum Gasteiger partial charge on any atom is -0.497 e. The maximum Gasteiger partial charge on any atom is 0.359 e. The normalized spacial score (nSPS) is 14.2. The van der Waals surface area contributed by atoms with Crippen molar-refractivity contribution >= 4 is 29.3 Å². The molecule has 0 radical (unpaired) electrons. The van der Waals surface area contributed by atoms with Crippen LogP contribution in [0.15, 0.2) is 47.5 Å². The van der Waals surface area contributed by atoms with Gasteiger partial charge in [-0.2, -0.15) is 0 Å². The number of esters is 1. The smallest absolute Gasteiger partial charge is 0.359 e. The molecule has 0 fully saturated rings. The third kappa shape index (κ3) is 6.05. The molecule has 1 aliphatic heterocycles. The number of carbonyl (C=O) groups is 1. The van der Waals surface area contributed by atoms with Gasteiger partial charge in [-0.15, -0.1) is 11.8 Å². The molecule has 0 spiro atoms. The minimum atomic E-state index is -0.562. The maximum absolute atomic E-state index is 12.8. The molecule has 1 aliphatic rings. The minimum absolute atomic E-state index is 0.281. The number of imidazole rings is 1. The topological polar surface area (TPSA) is 71.8 Å². The van der Waals surface area contributed by atoms with Gasteiger partial charge in [0.05, 0.1) is 20.3 Å². The molecule has 7 nitrogen and oxygen atoms in total. The highest BCUT2D eigenvalue weighted by Crippen LogP contribution is 2.38. The van der Waals surface area contributed by atoms with Crippen LogP contribution in [0.4, 0.5) is 0 Å². The first-order chi connectivity index (χ1) is 17.0. The summed E-state index contributed by atoms with van der Waals surface area (Å²) in [5.41, 5.74) is 1.43. The van der Waals surface area contributed by atoms with E-state index in [0.717, 1.165) is 41.4 Å². The van der Waals surface area contributed by atoms with Crippen molar-refractivity contribution in [3.05, 3.63) is 64.6 Å². The van der Waals surface area contributed by atoms with E-state index in [9.17, 15) is 4.79 Å². The summed E-state index contributed by atoms with van der Waals surface area (Å²) in [6, 6.07) is 13.2. The van der Waals surface area contributed by atoms with Gasteiger partial charge in [-0.3, -0.25) is 0 Å². The number of rotatable bonds is 11. The Hall–Kier alpha value is -2.84. The molecule has 0 saturated heterocycles. The lowest BCUT2D eigenvalue weighted by Crippen LogP contribution is -2.26. The molecule has 1 aromatic heterocycles. The second-order valence-electron chi connectivity index (χ2n) is 8.01. The molecule has 0 amide bonds. The van der Waals surface area contributed by atoms with Gasteiger partial charge >= 0.3 is 5.97 Å². The van der Waals surface area contributed by atoms with Crippen LogP contribution in [0.5, 0.6) is 17.2 Å². The fourth-order valence-electron chi connectivity index (χ4n) is 3.75. The average molecular weight is 517 g/mol. The zero-order valence-corrected chi connectivity index (χ0v) is 21.7. The molecule has 0 aliphatic carbocycles. The molecule has 4 rings (SSSR count). The maximum atomic E-state index is 12.8. The van der Waals surface area contributed by atoms with Gasteiger partial charge in [0.2, 0.25) is 0 Å². The van der Waals surface area contributed by atoms with E-state index in [4.69, 9.17) is 35.5 Å². The average Bonchev–Trinajstić information content (AvgIpc) is 3.42. The van der Waals surface area contributed by atoms with E-state index in [1.54, 1.807) is 44.0 Å². The van der Waals surface area contributed by atoms with Gasteiger partial charge in [-0.05, 0) is 43.2 Å². The summed E-state index contributed by atoms with van der Waals surface area (Å²) >= 11 is 7.66. The molecule has 0 bridgehead atoms. The van der Waals surface area contributed by atoms with Gasteiger partial charge in [0, 0.05) is 23.3 Å². The number of unbranched alkanes of at least 4 members (excludes halogenated alkanes) is 1. The van der Waals surface area contributed by atoms with E-state index >= 15 is 0 Å². The van der Waals surface area contributed by atoms with Crippen LogP contribution in [-0.2, 0) is 23.5 Å². The number of benzene rings is 2. The third-order valence-corrected chi connectivity index (χ3v) is 6.91. The third-order valence-electron chi connectivity index (χ3n) is 5.51. The van der Waals surface area contributed by atoms with E-state index in [0.29, 0.717) is 34.5 Å². The van der Waals surface area contributed by atoms with Gasteiger partial charge in [-0.25, -0.2) is 9.78 Å². The van der Waals surface area contributed by atoms with E-state index in [-0.39, 0.29) is 6.61 Å². The molecule has 1 atom stereocenters. The van der Waals surface area contributed by atoms with Crippen molar-refractivity contribution in [1.82, 2.24) is 9.55 Å². The summed E-state index contributed by atoms with van der Waals surface area (Å²) in [6.07, 6.45) is 2.13. The lowest BCUT2D eigenvalue weighted by molar-refractivity contribution is 0.0310. The Balaban J connectivity index is 1.63. The van der Waals surface area contributed by atoms with Gasteiger partial charge in [0.25, 0.3) is 6.29 Å². The zero-order valence-electron chi connectivity index (χ0n) is 20.1. The molecular formula is C26H29ClN2O5S. The van der Waals surface area contributed by atoms with Crippen molar-refractivity contribution in [2.24, 2.45) is 0 Å². The number of hydrogen-bond donors (Lipinski definition) is 0. The van der Waals surface area contributed by atoms with Crippen molar-refractivity contribution < 1.29 is 23.7 Å². The predicted molar refractivity (Wildman–Crippen MR) is 136 cm³/mol. The number of hydrogen-bond acceptors (Lipinski definition) is 7. The number of aromatic nitrogens is 2. The Bertz CT molecular complexity index is 1170. The molecule has 9 heteroatoms. The zero-order chi connectivity index (χ0) is 24.8. The molecule has 3 aromatic rings. The Kier molecular flexibility index (Phi) is 8.46. The molecule has 2 aromatic carbocycles. The fraction of sp³-hybridized carbons (Fsp3) is 0.385. The number of thioether (sulfide) groups is 1. The largest absolute Gasteiger partial charge is 0.497 e. The number of halogens is 1. The summed E-state index contributed by atoms with van der Waals surface area (Å²) < 4.78 is 24.7. The van der Waals surface area contributed by atoms with Crippen molar-refractivity contribution in [3.63, 3.8) is 0 Å². The van der Waals surface area contributed by atoms with E-state index in [1.165, 1.54) is 0 Å². The second kappa shape index (κ2) is 11.7. The van der Waals surface area contributed by atoms with Crippen molar-refractivity contribution in [3.8, 4) is 17.2 Å². The number of aryl methyl sites for hydroxylation is 1. The van der Waals surface area contributed by atoms with Crippen LogP contribution < -0.4 is 14.2 Å². The summed E-state index contributed by atoms with van der Waals surface area (Å²) in [6.45, 7) is 4.58. The van der Waals surface area contributed by atoms with Crippen LogP contribution in [0.1, 0.15) is 48.6 Å². The first-order valence-electron chi connectivity index (χ1n) is 11.7. The number of fused-ring (bicyclic) bond motifs is 1. The van der Waals surface area contributed by atoms with Gasteiger partial charge in [0.15, 0.2) is 17.2 Å². The Morgan fingerprint density at radius 1 is 1.14 bits per heavy atom. The van der Waals surface area contributed by atoms with Crippen LogP contribution in [0.3, 0.4) is 0 Å². The van der Waals surface area contributed by atoms with E-state index in [1.807, 2.05) is 28.8 Å². The fourth-order valence-corrected chi connectivity index (χ4v) is 5.01. The Morgan fingerprint density at radius 2 is 1.91 bits per heavy atom. The van der Waals surface area contributed by atoms with Gasteiger partial charge in [-0.1, -0.05) is 37.1 Å². The van der Waals surface area contributed by atoms with Crippen LogP contribution in [-0.4, -0.2) is 35.5 Å². The SMILES string of the molecule is CCCCc1nc(C(=O)OCC)c(SCc2ccc(OC)cc2)n1CC1Oc2ccc(Cl)cc2O1. The molecule has 2 heterocycles. The van der Waals surface area contributed by atoms with Crippen molar-refractivity contribution in [1.29, 1.82) is 0 Å². The van der Waals surface area contributed by atoms with Crippen LogP contribution in [0.25, 0.3) is 0 Å². The Morgan fingerprint density at radius 3 is 2.63 bits per heavy atom. The highest BCUT2D eigenvalue weighted by Gasteiger charge is 2.30. The summed E-state index contributed by atoms with van der Waals surface area (Å²) in [5.74, 6) is 3.09. The Labute approximate surface area is 214 Å². The highest BCUT2D eigenvalue weighted by atomic mass is 35.5. The number of ether oxygens (including phenoxy) is 4. The molecule has 0 saturated carbocycles. The highest BCUT2D eigenvalue weighted by molar-refractivity contribution is 7.98. The van der Waals surface area contributed by atoms with Crippen molar-refractivity contribution in [2.45, 2.75) is 56.7 Å². The van der Waals surface area contributed by atoms with Crippen molar-refractivity contribution in [2.75, 3.05) is 13.7 Å². The first-order valence-corrected chi connectivity index (χ1v) is 13.0. The summed E-state index contributed by atoms with van der Waals surface area (Å²) in [5, 5.41) is 1.33.